The number of benzene rings is 1. The fraction of sp³-hybridized carbons (Fsp3) is 0.417. The molecule has 0 amide bonds. The normalized spacial score (nSPS) is 9.81. The third-order valence-electron chi connectivity index (χ3n) is 2.08. The third kappa shape index (κ3) is 4.50. The predicted molar refractivity (Wildman–Crippen MR) is 61.0 cm³/mol. The Morgan fingerprint density at radius 2 is 2.12 bits per heavy atom. The van der Waals surface area contributed by atoms with E-state index in [1.165, 1.54) is 18.2 Å². The summed E-state index contributed by atoms with van der Waals surface area (Å²) in [7, 11) is 0. The Morgan fingerprint density at radius 1 is 1.31 bits per heavy atom. The molecule has 1 aromatic rings. The second-order valence-electron chi connectivity index (χ2n) is 3.39. The summed E-state index contributed by atoms with van der Waals surface area (Å²) in [5, 5.41) is 8.62. The van der Waals surface area contributed by atoms with Gasteiger partial charge >= 0.3 is 0 Å². The average molecular weight is 242 g/mol. The molecule has 0 aliphatic carbocycles. The van der Waals surface area contributed by atoms with Gasteiger partial charge in [0.15, 0.2) is 0 Å². The van der Waals surface area contributed by atoms with E-state index < -0.39 is 0 Å². The van der Waals surface area contributed by atoms with E-state index in [9.17, 15) is 4.39 Å². The van der Waals surface area contributed by atoms with Crippen LogP contribution in [0.4, 0.5) is 4.39 Å². The molecule has 0 spiro atoms. The first-order valence-corrected chi connectivity index (χ1v) is 5.56. The van der Waals surface area contributed by atoms with Crippen molar-refractivity contribution in [2.75, 3.05) is 6.61 Å². The van der Waals surface area contributed by atoms with Crippen molar-refractivity contribution in [1.29, 1.82) is 5.26 Å². The van der Waals surface area contributed by atoms with E-state index in [-0.39, 0.29) is 10.8 Å². The number of nitrogens with zero attached hydrogens (tertiary/aromatic N) is 1. The monoisotopic (exact) mass is 241 g/mol. The Hall–Kier alpha value is -1.27. The molecule has 1 rings (SSSR count). The van der Waals surface area contributed by atoms with E-state index in [0.29, 0.717) is 18.8 Å². The number of hydrogen-bond acceptors (Lipinski definition) is 2. The van der Waals surface area contributed by atoms with Crippen LogP contribution in [0, 0.1) is 17.1 Å². The molecule has 0 atom stereocenters. The highest BCUT2D eigenvalue weighted by atomic mass is 35.5. The highest BCUT2D eigenvalue weighted by molar-refractivity contribution is 6.32. The van der Waals surface area contributed by atoms with E-state index >= 15 is 0 Å². The van der Waals surface area contributed by atoms with E-state index in [4.69, 9.17) is 21.6 Å². The van der Waals surface area contributed by atoms with Gasteiger partial charge in [-0.3, -0.25) is 0 Å². The Labute approximate surface area is 99.6 Å². The van der Waals surface area contributed by atoms with E-state index in [2.05, 4.69) is 6.07 Å². The van der Waals surface area contributed by atoms with Crippen LogP contribution < -0.4 is 4.74 Å². The standard InChI is InChI=1S/C12H13ClFNO/c13-11-9-10(14)5-6-12(11)16-8-4-2-1-3-7-15/h5-6,9H,1-4,8H2. The lowest BCUT2D eigenvalue weighted by molar-refractivity contribution is 0.305. The number of halogens is 2. The third-order valence-corrected chi connectivity index (χ3v) is 2.38. The lowest BCUT2D eigenvalue weighted by Gasteiger charge is -2.07. The van der Waals surface area contributed by atoms with Gasteiger partial charge in [-0.05, 0) is 37.5 Å². The molecule has 0 radical (unpaired) electrons. The Balaban J connectivity index is 2.25. The van der Waals surface area contributed by atoms with Crippen LogP contribution in [-0.2, 0) is 0 Å². The zero-order valence-corrected chi connectivity index (χ0v) is 9.63. The molecule has 0 saturated carbocycles. The van der Waals surface area contributed by atoms with Crippen LogP contribution in [0.2, 0.25) is 5.02 Å². The van der Waals surface area contributed by atoms with Crippen LogP contribution in [0.15, 0.2) is 18.2 Å². The summed E-state index contributed by atoms with van der Waals surface area (Å²) in [6.07, 6.45) is 3.29. The highest BCUT2D eigenvalue weighted by Crippen LogP contribution is 2.24. The Bertz CT molecular complexity index is 376. The smallest absolute Gasteiger partial charge is 0.138 e. The Kier molecular flexibility index (Phi) is 5.66. The van der Waals surface area contributed by atoms with E-state index in [1.54, 1.807) is 0 Å². The van der Waals surface area contributed by atoms with Crippen LogP contribution in [0.5, 0.6) is 5.75 Å². The van der Waals surface area contributed by atoms with Crippen molar-refractivity contribution >= 4 is 11.6 Å². The SMILES string of the molecule is N#CCCCCCOc1ccc(F)cc1Cl. The van der Waals surface area contributed by atoms with Gasteiger partial charge in [-0.25, -0.2) is 4.39 Å². The van der Waals surface area contributed by atoms with Gasteiger partial charge in [0.05, 0.1) is 17.7 Å². The number of nitriles is 1. The van der Waals surface area contributed by atoms with Crippen LogP contribution in [0.3, 0.4) is 0 Å². The van der Waals surface area contributed by atoms with Crippen LogP contribution in [0.1, 0.15) is 25.7 Å². The maximum atomic E-state index is 12.7. The first-order valence-electron chi connectivity index (χ1n) is 5.19. The molecule has 0 aromatic heterocycles. The Morgan fingerprint density at radius 3 is 2.81 bits per heavy atom. The summed E-state index contributed by atoms with van der Waals surface area (Å²) in [5.41, 5.74) is 0. The lowest BCUT2D eigenvalue weighted by Crippen LogP contribution is -1.97. The number of ether oxygens (including phenoxy) is 1. The van der Waals surface area contributed by atoms with Gasteiger partial charge in [0, 0.05) is 6.42 Å². The molecule has 0 heterocycles. The summed E-state index contributed by atoms with van der Waals surface area (Å²) in [4.78, 5) is 0. The number of rotatable bonds is 6. The van der Waals surface area contributed by atoms with Crippen molar-refractivity contribution < 1.29 is 9.13 Å². The van der Waals surface area contributed by atoms with Crippen molar-refractivity contribution in [3.05, 3.63) is 29.0 Å². The molecule has 0 aliphatic heterocycles. The minimum absolute atomic E-state index is 0.289. The molecule has 1 aromatic carbocycles. The minimum atomic E-state index is -0.369. The zero-order valence-electron chi connectivity index (χ0n) is 8.88. The largest absolute Gasteiger partial charge is 0.492 e. The molecule has 16 heavy (non-hydrogen) atoms. The van der Waals surface area contributed by atoms with Gasteiger partial charge in [0.2, 0.25) is 0 Å². The van der Waals surface area contributed by atoms with Crippen LogP contribution >= 0.6 is 11.6 Å². The van der Waals surface area contributed by atoms with Gasteiger partial charge in [0.25, 0.3) is 0 Å². The molecule has 0 bridgehead atoms. The van der Waals surface area contributed by atoms with Crippen molar-refractivity contribution in [1.82, 2.24) is 0 Å². The van der Waals surface area contributed by atoms with Crippen molar-refractivity contribution in [3.8, 4) is 11.8 Å². The first kappa shape index (κ1) is 12.8. The fourth-order valence-corrected chi connectivity index (χ4v) is 1.48. The van der Waals surface area contributed by atoms with Gasteiger partial charge in [0.1, 0.15) is 11.6 Å². The average Bonchev–Trinajstić information content (AvgIpc) is 2.26. The molecule has 0 unspecified atom stereocenters. The molecular weight excluding hydrogens is 229 g/mol. The maximum absolute atomic E-state index is 12.7. The van der Waals surface area contributed by atoms with Crippen LogP contribution in [-0.4, -0.2) is 6.61 Å². The second-order valence-corrected chi connectivity index (χ2v) is 3.80. The molecule has 86 valence electrons. The highest BCUT2D eigenvalue weighted by Gasteiger charge is 2.02. The predicted octanol–water partition coefficient (Wildman–Crippen LogP) is 3.94. The molecule has 2 nitrogen and oxygen atoms in total. The summed E-state index contributed by atoms with van der Waals surface area (Å²) in [6, 6.07) is 6.15. The molecule has 4 heteroatoms. The lowest BCUT2D eigenvalue weighted by atomic mass is 10.2. The van der Waals surface area contributed by atoms with Gasteiger partial charge < -0.3 is 4.74 Å². The van der Waals surface area contributed by atoms with Crippen LogP contribution in [0.25, 0.3) is 0 Å². The van der Waals surface area contributed by atoms with Crippen molar-refractivity contribution in [3.63, 3.8) is 0 Å². The van der Waals surface area contributed by atoms with Crippen molar-refractivity contribution in [2.45, 2.75) is 25.7 Å². The molecule has 0 aliphatic rings. The maximum Gasteiger partial charge on any atom is 0.138 e. The van der Waals surface area contributed by atoms with E-state index in [0.717, 1.165) is 19.3 Å². The summed E-state index contributed by atoms with van der Waals surface area (Å²) < 4.78 is 18.1. The fourth-order valence-electron chi connectivity index (χ4n) is 1.26. The molecule has 0 fully saturated rings. The number of hydrogen-bond donors (Lipinski definition) is 0. The second kappa shape index (κ2) is 7.08. The summed E-state index contributed by atoms with van der Waals surface area (Å²) in [6.45, 7) is 0.538. The van der Waals surface area contributed by atoms with Gasteiger partial charge in [-0.2, -0.15) is 5.26 Å². The molecule has 0 saturated heterocycles. The summed E-state index contributed by atoms with van der Waals surface area (Å²) in [5.74, 6) is 0.134. The van der Waals surface area contributed by atoms with Gasteiger partial charge in [-0.15, -0.1) is 0 Å². The van der Waals surface area contributed by atoms with Gasteiger partial charge in [-0.1, -0.05) is 11.6 Å². The first-order chi connectivity index (χ1) is 7.74. The molecular formula is C12H13ClFNO. The minimum Gasteiger partial charge on any atom is -0.492 e. The summed E-state index contributed by atoms with van der Waals surface area (Å²) >= 11 is 5.78. The van der Waals surface area contributed by atoms with E-state index in [1.807, 2.05) is 0 Å². The zero-order chi connectivity index (χ0) is 11.8. The molecule has 0 N–H and O–H groups in total. The quantitative estimate of drug-likeness (QED) is 0.707. The number of unbranched alkanes of at least 4 members (excludes halogenated alkanes) is 3. The van der Waals surface area contributed by atoms with Crippen molar-refractivity contribution in [2.24, 2.45) is 0 Å². The topological polar surface area (TPSA) is 33.0 Å².